The molecule has 1 atom stereocenters. The molecule has 0 saturated carbocycles. The summed E-state index contributed by atoms with van der Waals surface area (Å²) in [6.45, 7) is 4.09. The Kier molecular flexibility index (Phi) is 7.27. The zero-order valence-corrected chi connectivity index (χ0v) is 19.3. The number of nitrogens with zero attached hydrogens (tertiary/aromatic N) is 3. The van der Waals surface area contributed by atoms with Gasteiger partial charge in [-0.2, -0.15) is 0 Å². The Balaban J connectivity index is 1.41. The van der Waals surface area contributed by atoms with Gasteiger partial charge in [-0.3, -0.25) is 4.79 Å². The van der Waals surface area contributed by atoms with Crippen molar-refractivity contribution >= 4 is 23.5 Å². The van der Waals surface area contributed by atoms with Crippen LogP contribution in [0.25, 0.3) is 0 Å². The first-order valence-electron chi connectivity index (χ1n) is 10.8. The third-order valence-electron chi connectivity index (χ3n) is 5.57. The summed E-state index contributed by atoms with van der Waals surface area (Å²) in [6, 6.07) is 16.2. The topological polar surface area (TPSA) is 67.3 Å². The van der Waals surface area contributed by atoms with Crippen LogP contribution in [-0.2, 0) is 11.3 Å². The first-order chi connectivity index (χ1) is 15.6. The number of methoxy groups -OCH3 is 1. The van der Waals surface area contributed by atoms with Gasteiger partial charge < -0.3 is 15.0 Å². The molecule has 0 radical (unpaired) electrons. The van der Waals surface area contributed by atoms with Crippen LogP contribution in [-0.4, -0.2) is 36.1 Å². The third kappa shape index (κ3) is 5.59. The predicted octanol–water partition coefficient (Wildman–Crippen LogP) is 4.48. The van der Waals surface area contributed by atoms with Crippen molar-refractivity contribution < 1.29 is 9.53 Å². The highest BCUT2D eigenvalue weighted by Gasteiger charge is 2.28. The first kappa shape index (κ1) is 22.1. The molecule has 32 heavy (non-hydrogen) atoms. The molecule has 1 fully saturated rings. The van der Waals surface area contributed by atoms with Crippen molar-refractivity contribution in [3.63, 3.8) is 0 Å². The standard InChI is InChI=1S/C25H28N4O2S/c1-18-8-10-22(11-9-18)32-25-23(26-12-13-27-25)29-14-4-6-20(17-29)24(30)28-16-19-5-3-7-21(15-19)31-2/h3,5,7-13,15,20H,4,6,14,16-17H2,1-2H3,(H,28,30)/t20-/m0/s1. The van der Waals surface area contributed by atoms with Gasteiger partial charge in [-0.1, -0.05) is 41.6 Å². The number of amides is 1. The number of carbonyl (C=O) groups is 1. The highest BCUT2D eigenvalue weighted by Crippen LogP contribution is 2.34. The number of rotatable bonds is 7. The Bertz CT molecular complexity index is 1060. The molecule has 0 unspecified atom stereocenters. The molecule has 0 aliphatic carbocycles. The van der Waals surface area contributed by atoms with Gasteiger partial charge in [-0.15, -0.1) is 0 Å². The number of aromatic nitrogens is 2. The Labute approximate surface area is 193 Å². The lowest BCUT2D eigenvalue weighted by atomic mass is 9.97. The predicted molar refractivity (Wildman–Crippen MR) is 127 cm³/mol. The Morgan fingerprint density at radius 3 is 2.81 bits per heavy atom. The third-order valence-corrected chi connectivity index (χ3v) is 6.56. The van der Waals surface area contributed by atoms with Crippen LogP contribution < -0.4 is 15.0 Å². The average molecular weight is 449 g/mol. The van der Waals surface area contributed by atoms with Crippen LogP contribution in [0.1, 0.15) is 24.0 Å². The quantitative estimate of drug-likeness (QED) is 0.575. The summed E-state index contributed by atoms with van der Waals surface area (Å²) in [5.74, 6) is 1.65. The molecule has 3 aromatic rings. The molecule has 166 valence electrons. The summed E-state index contributed by atoms with van der Waals surface area (Å²) in [4.78, 5) is 25.4. The monoisotopic (exact) mass is 448 g/mol. The Hall–Kier alpha value is -3.06. The molecule has 0 spiro atoms. The fraction of sp³-hybridized carbons (Fsp3) is 0.320. The molecule has 1 saturated heterocycles. The van der Waals surface area contributed by atoms with Gasteiger partial charge >= 0.3 is 0 Å². The molecule has 6 nitrogen and oxygen atoms in total. The largest absolute Gasteiger partial charge is 0.497 e. The molecule has 1 N–H and O–H groups in total. The zero-order valence-electron chi connectivity index (χ0n) is 18.5. The van der Waals surface area contributed by atoms with Gasteiger partial charge in [-0.25, -0.2) is 9.97 Å². The second kappa shape index (κ2) is 10.5. The fourth-order valence-electron chi connectivity index (χ4n) is 3.82. The minimum atomic E-state index is -0.0754. The average Bonchev–Trinajstić information content (AvgIpc) is 2.84. The van der Waals surface area contributed by atoms with Crippen molar-refractivity contribution in [3.05, 3.63) is 72.1 Å². The lowest BCUT2D eigenvalue weighted by Gasteiger charge is -2.33. The minimum absolute atomic E-state index is 0.0754. The maximum absolute atomic E-state index is 12.9. The van der Waals surface area contributed by atoms with E-state index in [0.717, 1.165) is 46.4 Å². The number of hydrogen-bond acceptors (Lipinski definition) is 6. The van der Waals surface area contributed by atoms with Gasteiger partial charge in [0.25, 0.3) is 0 Å². The molecule has 1 amide bonds. The highest BCUT2D eigenvalue weighted by atomic mass is 32.2. The number of anilines is 1. The van der Waals surface area contributed by atoms with E-state index in [4.69, 9.17) is 4.74 Å². The number of aryl methyl sites for hydroxylation is 1. The van der Waals surface area contributed by atoms with Gasteiger partial charge in [0.15, 0.2) is 5.82 Å². The maximum Gasteiger partial charge on any atom is 0.225 e. The van der Waals surface area contributed by atoms with Crippen LogP contribution in [0.5, 0.6) is 5.75 Å². The number of nitrogens with one attached hydrogen (secondary N) is 1. The van der Waals surface area contributed by atoms with E-state index in [-0.39, 0.29) is 11.8 Å². The Morgan fingerprint density at radius 1 is 1.19 bits per heavy atom. The van der Waals surface area contributed by atoms with Crippen molar-refractivity contribution in [1.82, 2.24) is 15.3 Å². The highest BCUT2D eigenvalue weighted by molar-refractivity contribution is 7.99. The number of carbonyl (C=O) groups excluding carboxylic acids is 1. The van der Waals surface area contributed by atoms with Crippen LogP contribution >= 0.6 is 11.8 Å². The molecule has 0 bridgehead atoms. The van der Waals surface area contributed by atoms with Gasteiger partial charge in [0.1, 0.15) is 10.8 Å². The van der Waals surface area contributed by atoms with Gasteiger partial charge in [0, 0.05) is 36.9 Å². The SMILES string of the molecule is COc1cccc(CNC(=O)[C@H]2CCCN(c3nccnc3Sc3ccc(C)cc3)C2)c1. The second-order valence-electron chi connectivity index (χ2n) is 7.95. The first-order valence-corrected chi connectivity index (χ1v) is 11.6. The van der Waals surface area contributed by atoms with Crippen LogP contribution in [0.3, 0.4) is 0 Å². The summed E-state index contributed by atoms with van der Waals surface area (Å²) in [5.41, 5.74) is 2.25. The lowest BCUT2D eigenvalue weighted by Crippen LogP contribution is -2.43. The van der Waals surface area contributed by atoms with E-state index in [2.05, 4.69) is 51.4 Å². The molecular formula is C25H28N4O2S. The molecule has 7 heteroatoms. The van der Waals surface area contributed by atoms with E-state index in [1.807, 2.05) is 24.3 Å². The van der Waals surface area contributed by atoms with E-state index in [0.29, 0.717) is 13.1 Å². The van der Waals surface area contributed by atoms with Crippen LogP contribution in [0.4, 0.5) is 5.82 Å². The lowest BCUT2D eigenvalue weighted by molar-refractivity contribution is -0.125. The molecule has 4 rings (SSSR count). The smallest absolute Gasteiger partial charge is 0.225 e. The molecule has 2 aromatic carbocycles. The fourth-order valence-corrected chi connectivity index (χ4v) is 4.71. The van der Waals surface area contributed by atoms with E-state index >= 15 is 0 Å². The van der Waals surface area contributed by atoms with Crippen molar-refractivity contribution in [2.45, 2.75) is 36.2 Å². The summed E-state index contributed by atoms with van der Waals surface area (Å²) >= 11 is 1.61. The van der Waals surface area contributed by atoms with E-state index in [9.17, 15) is 4.79 Å². The molecule has 1 aromatic heterocycles. The molecule has 2 heterocycles. The number of piperidine rings is 1. The van der Waals surface area contributed by atoms with Gasteiger partial charge in [-0.05, 0) is 49.6 Å². The van der Waals surface area contributed by atoms with E-state index in [1.54, 1.807) is 31.3 Å². The van der Waals surface area contributed by atoms with Crippen LogP contribution in [0, 0.1) is 12.8 Å². The van der Waals surface area contributed by atoms with Gasteiger partial charge in [0.2, 0.25) is 5.91 Å². The van der Waals surface area contributed by atoms with Crippen LogP contribution in [0.15, 0.2) is 70.8 Å². The normalized spacial score (nSPS) is 15.9. The summed E-state index contributed by atoms with van der Waals surface area (Å²) in [7, 11) is 1.64. The number of ether oxygens (including phenoxy) is 1. The summed E-state index contributed by atoms with van der Waals surface area (Å²) < 4.78 is 5.27. The van der Waals surface area contributed by atoms with Crippen molar-refractivity contribution in [2.75, 3.05) is 25.1 Å². The maximum atomic E-state index is 12.9. The van der Waals surface area contributed by atoms with E-state index in [1.165, 1.54) is 5.56 Å². The van der Waals surface area contributed by atoms with Crippen molar-refractivity contribution in [1.29, 1.82) is 0 Å². The number of hydrogen-bond donors (Lipinski definition) is 1. The van der Waals surface area contributed by atoms with Crippen molar-refractivity contribution in [2.24, 2.45) is 5.92 Å². The van der Waals surface area contributed by atoms with Crippen molar-refractivity contribution in [3.8, 4) is 5.75 Å². The molecular weight excluding hydrogens is 420 g/mol. The summed E-state index contributed by atoms with van der Waals surface area (Å²) in [6.07, 6.45) is 5.27. The second-order valence-corrected chi connectivity index (χ2v) is 9.02. The zero-order chi connectivity index (χ0) is 22.3. The van der Waals surface area contributed by atoms with Crippen LogP contribution in [0.2, 0.25) is 0 Å². The summed E-state index contributed by atoms with van der Waals surface area (Å²) in [5, 5.41) is 3.96. The number of benzene rings is 2. The molecule has 1 aliphatic heterocycles. The molecule has 1 aliphatic rings. The Morgan fingerprint density at radius 2 is 2.00 bits per heavy atom. The van der Waals surface area contributed by atoms with E-state index < -0.39 is 0 Å². The minimum Gasteiger partial charge on any atom is -0.497 e. The van der Waals surface area contributed by atoms with Gasteiger partial charge in [0.05, 0.1) is 13.0 Å².